The highest BCUT2D eigenvalue weighted by Gasteiger charge is 2.37. The van der Waals surface area contributed by atoms with E-state index in [1.165, 1.54) is 0 Å². The van der Waals surface area contributed by atoms with Crippen LogP contribution in [0.15, 0.2) is 48.5 Å². The van der Waals surface area contributed by atoms with E-state index in [9.17, 15) is 4.79 Å². The molecule has 0 aliphatic carbocycles. The van der Waals surface area contributed by atoms with Crippen molar-refractivity contribution in [2.45, 2.75) is 19.0 Å². The molecule has 0 spiro atoms. The van der Waals surface area contributed by atoms with Crippen LogP contribution >= 0.6 is 0 Å². The number of carbonyl (C=O) groups excluding carboxylic acids is 1. The third-order valence-corrected chi connectivity index (χ3v) is 4.05. The molecule has 4 nitrogen and oxygen atoms in total. The Balaban J connectivity index is 1.81. The maximum Gasteiger partial charge on any atom is 0.225 e. The fraction of sp³-hybridized carbons (Fsp3) is 0.278. The zero-order valence-corrected chi connectivity index (χ0v) is 12.8. The zero-order valence-electron chi connectivity index (χ0n) is 12.8. The summed E-state index contributed by atoms with van der Waals surface area (Å²) in [5.41, 5.74) is 2.22. The maximum atomic E-state index is 12.0. The van der Waals surface area contributed by atoms with Gasteiger partial charge >= 0.3 is 0 Å². The van der Waals surface area contributed by atoms with Gasteiger partial charge in [-0.25, -0.2) is 0 Å². The van der Waals surface area contributed by atoms with Gasteiger partial charge in [-0.1, -0.05) is 36.4 Å². The minimum absolute atomic E-state index is 0.104. The summed E-state index contributed by atoms with van der Waals surface area (Å²) in [4.78, 5) is 13.9. The smallest absolute Gasteiger partial charge is 0.225 e. The average Bonchev–Trinajstić information content (AvgIpc) is 2.58. The van der Waals surface area contributed by atoms with Gasteiger partial charge in [0, 0.05) is 6.54 Å². The van der Waals surface area contributed by atoms with E-state index in [2.05, 4.69) is 0 Å². The minimum Gasteiger partial charge on any atom is -0.493 e. The molecule has 22 heavy (non-hydrogen) atoms. The van der Waals surface area contributed by atoms with Crippen molar-refractivity contribution in [3.05, 3.63) is 59.7 Å². The molecule has 1 aliphatic rings. The van der Waals surface area contributed by atoms with Crippen molar-refractivity contribution in [3.63, 3.8) is 0 Å². The maximum absolute atomic E-state index is 12.0. The molecule has 1 fully saturated rings. The van der Waals surface area contributed by atoms with Gasteiger partial charge in [-0.05, 0) is 23.3 Å². The van der Waals surface area contributed by atoms with Gasteiger partial charge in [0.2, 0.25) is 5.91 Å². The normalized spacial score (nSPS) is 17.1. The second kappa shape index (κ2) is 6.10. The Morgan fingerprint density at radius 3 is 2.41 bits per heavy atom. The monoisotopic (exact) mass is 297 g/mol. The Labute approximate surface area is 130 Å². The summed E-state index contributed by atoms with van der Waals surface area (Å²) >= 11 is 0. The summed E-state index contributed by atoms with van der Waals surface area (Å²) in [5.74, 6) is 1.58. The molecule has 1 amide bonds. The van der Waals surface area contributed by atoms with Crippen LogP contribution < -0.4 is 9.47 Å². The molecule has 1 saturated heterocycles. The number of ether oxygens (including phenoxy) is 2. The van der Waals surface area contributed by atoms with Crippen molar-refractivity contribution in [1.82, 2.24) is 4.90 Å². The Morgan fingerprint density at radius 2 is 1.77 bits per heavy atom. The van der Waals surface area contributed by atoms with E-state index in [4.69, 9.17) is 9.47 Å². The fourth-order valence-electron chi connectivity index (χ4n) is 2.79. The number of rotatable bonds is 5. The summed E-state index contributed by atoms with van der Waals surface area (Å²) < 4.78 is 10.6. The lowest BCUT2D eigenvalue weighted by atomic mass is 9.93. The molecule has 1 aliphatic heterocycles. The van der Waals surface area contributed by atoms with Crippen LogP contribution in [0, 0.1) is 0 Å². The van der Waals surface area contributed by atoms with E-state index in [1.807, 2.05) is 53.4 Å². The van der Waals surface area contributed by atoms with Crippen molar-refractivity contribution in [2.75, 3.05) is 14.2 Å². The number of benzene rings is 2. The van der Waals surface area contributed by atoms with E-state index in [-0.39, 0.29) is 11.9 Å². The van der Waals surface area contributed by atoms with Crippen molar-refractivity contribution in [1.29, 1.82) is 0 Å². The van der Waals surface area contributed by atoms with Crippen molar-refractivity contribution in [3.8, 4) is 11.5 Å². The Kier molecular flexibility index (Phi) is 4.00. The molecule has 0 radical (unpaired) electrons. The first kappa shape index (κ1) is 14.4. The topological polar surface area (TPSA) is 38.8 Å². The van der Waals surface area contributed by atoms with Crippen LogP contribution in [0.5, 0.6) is 11.5 Å². The van der Waals surface area contributed by atoms with Crippen LogP contribution in [-0.2, 0) is 11.3 Å². The van der Waals surface area contributed by atoms with Gasteiger partial charge in [0.15, 0.2) is 11.5 Å². The number of methoxy groups -OCH3 is 2. The van der Waals surface area contributed by atoms with Crippen LogP contribution in [-0.4, -0.2) is 25.0 Å². The molecule has 2 aromatic rings. The Hall–Kier alpha value is -2.49. The SMILES string of the molecule is COc1ccc(C2CC(=O)N2Cc2ccccc2)cc1OC. The first-order chi connectivity index (χ1) is 10.7. The molecule has 1 atom stereocenters. The molecule has 3 rings (SSSR count). The van der Waals surface area contributed by atoms with Gasteiger partial charge in [0.1, 0.15) is 0 Å². The molecule has 1 unspecified atom stereocenters. The third kappa shape index (κ3) is 2.64. The summed E-state index contributed by atoms with van der Waals surface area (Å²) in [6, 6.07) is 16.0. The summed E-state index contributed by atoms with van der Waals surface area (Å²) in [5, 5.41) is 0. The first-order valence-electron chi connectivity index (χ1n) is 7.28. The second-order valence-corrected chi connectivity index (χ2v) is 5.34. The van der Waals surface area contributed by atoms with Gasteiger partial charge in [-0.15, -0.1) is 0 Å². The van der Waals surface area contributed by atoms with Crippen molar-refractivity contribution >= 4 is 5.91 Å². The molecule has 4 heteroatoms. The van der Waals surface area contributed by atoms with Crippen LogP contribution in [0.1, 0.15) is 23.6 Å². The van der Waals surface area contributed by atoms with E-state index >= 15 is 0 Å². The zero-order chi connectivity index (χ0) is 15.5. The average molecular weight is 297 g/mol. The molecule has 0 bridgehead atoms. The van der Waals surface area contributed by atoms with E-state index in [0.717, 1.165) is 11.1 Å². The highest BCUT2D eigenvalue weighted by atomic mass is 16.5. The molecular formula is C18H19NO3. The van der Waals surface area contributed by atoms with Gasteiger partial charge in [0.05, 0.1) is 26.7 Å². The molecule has 1 heterocycles. The lowest BCUT2D eigenvalue weighted by molar-refractivity contribution is -0.147. The standard InChI is InChI=1S/C18H19NO3/c1-21-16-9-8-14(10-17(16)22-2)15-11-18(20)19(15)12-13-6-4-3-5-7-13/h3-10,15H,11-12H2,1-2H3. The highest BCUT2D eigenvalue weighted by molar-refractivity contribution is 5.83. The number of β-lactam (4-membered cyclic amide) rings is 1. The Bertz CT molecular complexity index is 669. The molecule has 0 aromatic heterocycles. The van der Waals surface area contributed by atoms with Crippen LogP contribution in [0.3, 0.4) is 0 Å². The lowest BCUT2D eigenvalue weighted by Crippen LogP contribution is -2.45. The first-order valence-corrected chi connectivity index (χ1v) is 7.28. The number of carbonyl (C=O) groups is 1. The summed E-state index contributed by atoms with van der Waals surface area (Å²) in [6.07, 6.45) is 0.544. The number of nitrogens with zero attached hydrogens (tertiary/aromatic N) is 1. The number of hydrogen-bond donors (Lipinski definition) is 0. The summed E-state index contributed by atoms with van der Waals surface area (Å²) in [7, 11) is 3.24. The highest BCUT2D eigenvalue weighted by Crippen LogP contribution is 2.39. The Morgan fingerprint density at radius 1 is 1.05 bits per heavy atom. The predicted molar refractivity (Wildman–Crippen MR) is 83.9 cm³/mol. The van der Waals surface area contributed by atoms with Gasteiger partial charge < -0.3 is 14.4 Å². The largest absolute Gasteiger partial charge is 0.493 e. The molecule has 0 N–H and O–H groups in total. The number of likely N-dealkylation sites (tertiary alicyclic amines) is 1. The predicted octanol–water partition coefficient (Wildman–Crippen LogP) is 3.18. The number of amides is 1. The fourth-order valence-corrected chi connectivity index (χ4v) is 2.79. The van der Waals surface area contributed by atoms with Crippen molar-refractivity contribution < 1.29 is 14.3 Å². The van der Waals surface area contributed by atoms with Crippen LogP contribution in [0.2, 0.25) is 0 Å². The molecule has 0 saturated carbocycles. The van der Waals surface area contributed by atoms with Gasteiger partial charge in [0.25, 0.3) is 0 Å². The minimum atomic E-state index is 0.104. The third-order valence-electron chi connectivity index (χ3n) is 4.05. The van der Waals surface area contributed by atoms with Crippen LogP contribution in [0.4, 0.5) is 0 Å². The summed E-state index contributed by atoms with van der Waals surface area (Å²) in [6.45, 7) is 0.638. The van der Waals surface area contributed by atoms with Crippen LogP contribution in [0.25, 0.3) is 0 Å². The van der Waals surface area contributed by atoms with E-state index < -0.39 is 0 Å². The van der Waals surface area contributed by atoms with Crippen molar-refractivity contribution in [2.24, 2.45) is 0 Å². The van der Waals surface area contributed by atoms with E-state index in [1.54, 1.807) is 14.2 Å². The molecule has 114 valence electrons. The molecular weight excluding hydrogens is 278 g/mol. The van der Waals surface area contributed by atoms with E-state index in [0.29, 0.717) is 24.5 Å². The molecule has 2 aromatic carbocycles. The lowest BCUT2D eigenvalue weighted by Gasteiger charge is -2.41. The quantitative estimate of drug-likeness (QED) is 0.796. The second-order valence-electron chi connectivity index (χ2n) is 5.34. The van der Waals surface area contributed by atoms with Gasteiger partial charge in [-0.3, -0.25) is 4.79 Å². The van der Waals surface area contributed by atoms with Gasteiger partial charge in [-0.2, -0.15) is 0 Å². The number of hydrogen-bond acceptors (Lipinski definition) is 3.